The molecule has 0 fully saturated rings. The Labute approximate surface area is 375 Å². The fourth-order valence-electron chi connectivity index (χ4n) is 6.36. The molecule has 342 valence electrons. The van der Waals surface area contributed by atoms with Gasteiger partial charge >= 0.3 is 35.8 Å². The van der Waals surface area contributed by atoms with Gasteiger partial charge in [0.25, 0.3) is 0 Å². The third-order valence-corrected chi connectivity index (χ3v) is 9.70. The van der Waals surface area contributed by atoms with Crippen LogP contribution < -0.4 is 9.47 Å². The third-order valence-electron chi connectivity index (χ3n) is 9.70. The number of ether oxygens (including phenoxy) is 10. The maximum Gasteiger partial charge on any atom is 0.343 e. The lowest BCUT2D eigenvalue weighted by atomic mass is 9.82. The van der Waals surface area contributed by atoms with Gasteiger partial charge in [-0.1, -0.05) is 39.1 Å². The first kappa shape index (κ1) is 49.0. The summed E-state index contributed by atoms with van der Waals surface area (Å²) in [5, 5.41) is 0. The Morgan fingerprint density at radius 1 is 0.415 bits per heavy atom. The smallest absolute Gasteiger partial charge is 0.343 e. The van der Waals surface area contributed by atoms with Crippen LogP contribution in [0.4, 0.5) is 0 Å². The predicted octanol–water partition coefficient (Wildman–Crippen LogP) is 6.27. The van der Waals surface area contributed by atoms with Crippen LogP contribution in [0, 0.1) is 0 Å². The molecule has 0 saturated carbocycles. The van der Waals surface area contributed by atoms with Crippen molar-refractivity contribution in [3.8, 4) is 22.6 Å². The second-order valence-corrected chi connectivity index (χ2v) is 14.4. The van der Waals surface area contributed by atoms with E-state index in [-0.39, 0.29) is 102 Å². The molecule has 0 unspecified atom stereocenters. The Morgan fingerprint density at radius 3 is 1.03 bits per heavy atom. The van der Waals surface area contributed by atoms with Gasteiger partial charge in [0.15, 0.2) is 0 Å². The van der Waals surface area contributed by atoms with Crippen LogP contribution in [0.2, 0.25) is 0 Å². The van der Waals surface area contributed by atoms with E-state index in [4.69, 9.17) is 47.4 Å². The Morgan fingerprint density at radius 2 is 0.708 bits per heavy atom. The van der Waals surface area contributed by atoms with Gasteiger partial charge in [-0.15, -0.1) is 0 Å². The van der Waals surface area contributed by atoms with Gasteiger partial charge in [0.05, 0.1) is 75.1 Å². The standard InChI is InChI=1S/C49H50O16/c1-5-43(50)60-27-23-56-19-21-58-25-29-62-45(52)33-7-11-35(12-8-33)47(54)64-37-15-17-39-40-18-16-38(32-42(40)49(3,4)41(39)31-37)65-48(55)36-13-9-34(10-14-36)46(53)63-30-26-59-22-20-57-24-28-61-44(51)6-2/h5-18,31-32H,1-2,19-30H2,3-4H3. The van der Waals surface area contributed by atoms with Crippen molar-refractivity contribution in [1.29, 1.82) is 0 Å². The summed E-state index contributed by atoms with van der Waals surface area (Å²) < 4.78 is 52.9. The van der Waals surface area contributed by atoms with Gasteiger partial charge in [-0.3, -0.25) is 0 Å². The minimum Gasteiger partial charge on any atom is -0.460 e. The van der Waals surface area contributed by atoms with Gasteiger partial charge in [0.1, 0.15) is 37.9 Å². The second kappa shape index (κ2) is 24.8. The molecule has 0 saturated heterocycles. The molecular weight excluding hydrogens is 845 g/mol. The van der Waals surface area contributed by atoms with Crippen molar-refractivity contribution in [2.75, 3.05) is 79.3 Å². The summed E-state index contributed by atoms with van der Waals surface area (Å²) in [6.45, 7) is 12.7. The molecule has 0 amide bonds. The van der Waals surface area contributed by atoms with Gasteiger partial charge in [-0.05, 0) is 95.1 Å². The van der Waals surface area contributed by atoms with Crippen LogP contribution in [-0.4, -0.2) is 115 Å². The monoisotopic (exact) mass is 894 g/mol. The molecule has 1 aliphatic rings. The summed E-state index contributed by atoms with van der Waals surface area (Å²) in [7, 11) is 0. The number of hydrogen-bond acceptors (Lipinski definition) is 16. The molecule has 0 aliphatic heterocycles. The van der Waals surface area contributed by atoms with E-state index in [1.54, 1.807) is 12.1 Å². The first-order chi connectivity index (χ1) is 31.4. The summed E-state index contributed by atoms with van der Waals surface area (Å²) in [6, 6.07) is 22.6. The molecule has 0 aromatic heterocycles. The van der Waals surface area contributed by atoms with Gasteiger partial charge in [-0.25, -0.2) is 28.8 Å². The molecule has 16 heteroatoms. The minimum atomic E-state index is -0.612. The van der Waals surface area contributed by atoms with Crippen LogP contribution in [0.3, 0.4) is 0 Å². The van der Waals surface area contributed by atoms with Crippen LogP contribution in [0.5, 0.6) is 11.5 Å². The van der Waals surface area contributed by atoms with Crippen LogP contribution in [0.15, 0.2) is 110 Å². The maximum absolute atomic E-state index is 13.1. The van der Waals surface area contributed by atoms with E-state index in [0.29, 0.717) is 11.5 Å². The van der Waals surface area contributed by atoms with Gasteiger partial charge in [-0.2, -0.15) is 0 Å². The fraction of sp³-hybridized carbons (Fsp3) is 0.306. The molecule has 0 bridgehead atoms. The van der Waals surface area contributed by atoms with E-state index < -0.39 is 41.2 Å². The largest absolute Gasteiger partial charge is 0.460 e. The number of hydrogen-bond donors (Lipinski definition) is 0. The van der Waals surface area contributed by atoms with E-state index in [2.05, 4.69) is 13.2 Å². The Balaban J connectivity index is 1.04. The molecule has 65 heavy (non-hydrogen) atoms. The Kier molecular flexibility index (Phi) is 18.7. The highest BCUT2D eigenvalue weighted by Crippen LogP contribution is 2.50. The van der Waals surface area contributed by atoms with E-state index in [0.717, 1.165) is 34.4 Å². The lowest BCUT2D eigenvalue weighted by molar-refractivity contribution is -0.140. The molecule has 0 atom stereocenters. The van der Waals surface area contributed by atoms with E-state index in [1.807, 2.05) is 38.1 Å². The van der Waals surface area contributed by atoms with Crippen LogP contribution in [-0.2, 0) is 52.9 Å². The molecule has 4 aromatic rings. The number of carbonyl (C=O) groups is 6. The lowest BCUT2D eigenvalue weighted by Crippen LogP contribution is -2.16. The molecule has 0 heterocycles. The fourth-order valence-corrected chi connectivity index (χ4v) is 6.36. The second-order valence-electron chi connectivity index (χ2n) is 14.4. The van der Waals surface area contributed by atoms with Crippen molar-refractivity contribution in [3.05, 3.63) is 144 Å². The molecular formula is C49H50O16. The molecule has 4 aromatic carbocycles. The average Bonchev–Trinajstić information content (AvgIpc) is 3.54. The van der Waals surface area contributed by atoms with Crippen LogP contribution in [0.25, 0.3) is 11.1 Å². The molecule has 0 radical (unpaired) electrons. The molecule has 0 spiro atoms. The van der Waals surface area contributed by atoms with Crippen LogP contribution >= 0.6 is 0 Å². The zero-order valence-corrected chi connectivity index (χ0v) is 36.2. The summed E-state index contributed by atoms with van der Waals surface area (Å²) in [6.07, 6.45) is 2.14. The molecule has 0 N–H and O–H groups in total. The maximum atomic E-state index is 13.1. The zero-order valence-electron chi connectivity index (χ0n) is 36.2. The number of esters is 6. The summed E-state index contributed by atoms with van der Waals surface area (Å²) >= 11 is 0. The number of fused-ring (bicyclic) bond motifs is 3. The van der Waals surface area contributed by atoms with Gasteiger partial charge in [0.2, 0.25) is 0 Å². The number of carbonyl (C=O) groups excluding carboxylic acids is 6. The Bertz CT molecular complexity index is 2150. The van der Waals surface area contributed by atoms with Crippen molar-refractivity contribution in [3.63, 3.8) is 0 Å². The predicted molar refractivity (Wildman–Crippen MR) is 233 cm³/mol. The minimum absolute atomic E-state index is 0.0143. The highest BCUT2D eigenvalue weighted by Gasteiger charge is 2.36. The molecule has 5 rings (SSSR count). The van der Waals surface area contributed by atoms with E-state index >= 15 is 0 Å². The van der Waals surface area contributed by atoms with Crippen molar-refractivity contribution < 1.29 is 76.1 Å². The van der Waals surface area contributed by atoms with Crippen molar-refractivity contribution in [2.45, 2.75) is 19.3 Å². The Hall–Kier alpha value is -6.98. The van der Waals surface area contributed by atoms with Gasteiger partial charge in [0, 0.05) is 17.6 Å². The van der Waals surface area contributed by atoms with E-state index in [1.165, 1.54) is 48.5 Å². The SMILES string of the molecule is C=CC(=O)OCCOCCOCCOC(=O)c1ccc(C(=O)Oc2ccc3c(c2)C(C)(C)c2cc(OC(=O)c4ccc(C(=O)OCCOCCOCCOC(=O)C=C)cc4)ccc2-3)cc1. The lowest BCUT2D eigenvalue weighted by Gasteiger charge is -2.22. The number of rotatable bonds is 26. The van der Waals surface area contributed by atoms with Gasteiger partial charge < -0.3 is 47.4 Å². The average molecular weight is 895 g/mol. The highest BCUT2D eigenvalue weighted by atomic mass is 16.6. The van der Waals surface area contributed by atoms with Crippen molar-refractivity contribution in [2.24, 2.45) is 0 Å². The highest BCUT2D eigenvalue weighted by molar-refractivity contribution is 5.95. The van der Waals surface area contributed by atoms with Crippen LogP contribution in [0.1, 0.15) is 66.4 Å². The molecule has 16 nitrogen and oxygen atoms in total. The zero-order chi connectivity index (χ0) is 46.6. The first-order valence-corrected chi connectivity index (χ1v) is 20.6. The molecule has 1 aliphatic carbocycles. The third kappa shape index (κ3) is 14.5. The first-order valence-electron chi connectivity index (χ1n) is 20.6. The van der Waals surface area contributed by atoms with Crippen molar-refractivity contribution in [1.82, 2.24) is 0 Å². The number of benzene rings is 4. The summed E-state index contributed by atoms with van der Waals surface area (Å²) in [5.41, 5.74) is 4.11. The topological polar surface area (TPSA) is 195 Å². The quantitative estimate of drug-likeness (QED) is 0.0225. The van der Waals surface area contributed by atoms with Crippen molar-refractivity contribution >= 4 is 35.8 Å². The summed E-state index contributed by atoms with van der Waals surface area (Å²) in [5.74, 6) is -2.77. The van der Waals surface area contributed by atoms with E-state index in [9.17, 15) is 28.8 Å². The normalized spacial score (nSPS) is 11.9. The summed E-state index contributed by atoms with van der Waals surface area (Å²) in [4.78, 5) is 73.2.